The lowest BCUT2D eigenvalue weighted by Crippen LogP contribution is -2.49. The number of nitrogens with one attached hydrogen (secondary N) is 3. The van der Waals surface area contributed by atoms with Crippen LogP contribution in [0.2, 0.25) is 0 Å². The summed E-state index contributed by atoms with van der Waals surface area (Å²) in [4.78, 5) is 44.1. The van der Waals surface area contributed by atoms with Gasteiger partial charge in [-0.2, -0.15) is 0 Å². The van der Waals surface area contributed by atoms with Crippen molar-refractivity contribution in [2.75, 3.05) is 11.9 Å². The van der Waals surface area contributed by atoms with Crippen molar-refractivity contribution in [3.63, 3.8) is 0 Å². The number of hydrogen-bond donors (Lipinski definition) is 3. The third-order valence-corrected chi connectivity index (χ3v) is 7.72. The van der Waals surface area contributed by atoms with E-state index in [9.17, 15) is 23.2 Å². The second-order valence-corrected chi connectivity index (χ2v) is 10.0. The number of anilines is 1. The van der Waals surface area contributed by atoms with Crippen LogP contribution in [-0.2, 0) is 15.0 Å². The van der Waals surface area contributed by atoms with Crippen molar-refractivity contribution < 1.29 is 23.2 Å². The normalized spacial score (nSPS) is 27.6. The number of halogens is 2. The van der Waals surface area contributed by atoms with Crippen LogP contribution in [0, 0.1) is 17.6 Å². The molecular weight excluding hydrogens is 454 g/mol. The van der Waals surface area contributed by atoms with E-state index in [1.165, 1.54) is 6.07 Å². The number of amides is 3. The molecule has 2 aromatic carbocycles. The van der Waals surface area contributed by atoms with E-state index in [1.54, 1.807) is 4.90 Å². The molecule has 3 aliphatic rings. The van der Waals surface area contributed by atoms with Gasteiger partial charge in [0.25, 0.3) is 5.91 Å². The van der Waals surface area contributed by atoms with Crippen molar-refractivity contribution >= 4 is 34.3 Å². The summed E-state index contributed by atoms with van der Waals surface area (Å²) in [5.41, 5.74) is 0.768. The van der Waals surface area contributed by atoms with Gasteiger partial charge < -0.3 is 20.5 Å². The van der Waals surface area contributed by atoms with Crippen LogP contribution in [0.4, 0.5) is 14.5 Å². The minimum atomic E-state index is -0.807. The van der Waals surface area contributed by atoms with E-state index in [0.29, 0.717) is 12.8 Å². The third-order valence-electron chi connectivity index (χ3n) is 7.72. The number of rotatable bonds is 2. The maximum absolute atomic E-state index is 14.1. The molecule has 3 N–H and O–H groups in total. The van der Waals surface area contributed by atoms with Gasteiger partial charge in [-0.3, -0.25) is 14.4 Å². The summed E-state index contributed by atoms with van der Waals surface area (Å²) in [6, 6.07) is 9.88. The highest BCUT2D eigenvalue weighted by molar-refractivity contribution is 6.07. The minimum Gasteiger partial charge on any atom is -0.348 e. The molecule has 6 rings (SSSR count). The molecule has 2 fully saturated rings. The largest absolute Gasteiger partial charge is 0.348 e. The van der Waals surface area contributed by atoms with E-state index in [1.807, 2.05) is 31.2 Å². The lowest BCUT2D eigenvalue weighted by atomic mass is 9.78. The quantitative estimate of drug-likeness (QED) is 0.527. The van der Waals surface area contributed by atoms with Crippen molar-refractivity contribution in [2.24, 2.45) is 5.92 Å². The van der Waals surface area contributed by atoms with Crippen molar-refractivity contribution in [1.29, 1.82) is 0 Å². The number of nitrogens with zero attached hydrogens (tertiary/aromatic N) is 1. The molecule has 9 heteroatoms. The molecule has 1 unspecified atom stereocenters. The SMILES string of the molecule is CC1C[C@@H]2C[C@@]3(CN2C(=O)[C@@H](NC(=O)c2cc4c(F)ccc(F)c4[nH]2)C1)C(=O)Nc1ccccc13. The lowest BCUT2D eigenvalue weighted by molar-refractivity contribution is -0.133. The summed E-state index contributed by atoms with van der Waals surface area (Å²) in [6.45, 7) is 2.28. The first kappa shape index (κ1) is 21.8. The van der Waals surface area contributed by atoms with Crippen molar-refractivity contribution in [1.82, 2.24) is 15.2 Å². The van der Waals surface area contributed by atoms with E-state index >= 15 is 0 Å². The molecule has 1 aromatic heterocycles. The number of benzene rings is 2. The van der Waals surface area contributed by atoms with Gasteiger partial charge in [0.1, 0.15) is 23.4 Å². The zero-order valence-corrected chi connectivity index (χ0v) is 19.0. The average Bonchev–Trinajstić information content (AvgIpc) is 3.50. The fourth-order valence-electron chi connectivity index (χ4n) is 6.09. The molecule has 180 valence electrons. The van der Waals surface area contributed by atoms with Crippen molar-refractivity contribution in [3.8, 4) is 0 Å². The standard InChI is InChI=1S/C26H24F2N4O3/c1-13-8-14-11-26(16-4-2-3-5-19(16)31-25(26)35)12-32(14)24(34)21(9-13)30-23(33)20-10-15-17(27)6-7-18(28)22(15)29-20/h2-7,10,13-14,21,29H,8-9,11-12H2,1H3,(H,30,33)(H,31,35)/t13?,14-,21+,26+/m1/s1. The van der Waals surface area contributed by atoms with Gasteiger partial charge >= 0.3 is 0 Å². The number of carbonyl (C=O) groups excluding carboxylic acids is 3. The van der Waals surface area contributed by atoms with E-state index < -0.39 is 29.0 Å². The number of carbonyl (C=O) groups is 3. The highest BCUT2D eigenvalue weighted by Gasteiger charge is 2.57. The minimum absolute atomic E-state index is 0.0211. The summed E-state index contributed by atoms with van der Waals surface area (Å²) in [5, 5.41) is 5.70. The predicted molar refractivity (Wildman–Crippen MR) is 125 cm³/mol. The molecule has 0 saturated carbocycles. The Morgan fingerprint density at radius 2 is 1.89 bits per heavy atom. The molecule has 3 aromatic rings. The Hall–Kier alpha value is -3.75. The third kappa shape index (κ3) is 3.25. The Bertz CT molecular complexity index is 1360. The van der Waals surface area contributed by atoms with Gasteiger partial charge in [-0.05, 0) is 55.0 Å². The van der Waals surface area contributed by atoms with Gasteiger partial charge in [-0.25, -0.2) is 8.78 Å². The van der Waals surface area contributed by atoms with Crippen LogP contribution < -0.4 is 10.6 Å². The highest BCUT2D eigenvalue weighted by atomic mass is 19.1. The summed E-state index contributed by atoms with van der Waals surface area (Å²) in [7, 11) is 0. The Morgan fingerprint density at radius 3 is 2.69 bits per heavy atom. The smallest absolute Gasteiger partial charge is 0.268 e. The van der Waals surface area contributed by atoms with Gasteiger partial charge in [0, 0.05) is 23.7 Å². The molecule has 3 aliphatic heterocycles. The molecule has 1 spiro atoms. The Morgan fingerprint density at radius 1 is 1.11 bits per heavy atom. The average molecular weight is 478 g/mol. The Balaban J connectivity index is 1.28. The monoisotopic (exact) mass is 478 g/mol. The molecule has 3 amide bonds. The second kappa shape index (κ2) is 7.63. The summed E-state index contributed by atoms with van der Waals surface area (Å²) in [5.74, 6) is -2.14. The number of fused-ring (bicyclic) bond motifs is 4. The second-order valence-electron chi connectivity index (χ2n) is 10.0. The molecule has 4 atom stereocenters. The Kier molecular flexibility index (Phi) is 4.74. The van der Waals surface area contributed by atoms with Crippen LogP contribution >= 0.6 is 0 Å². The van der Waals surface area contributed by atoms with Crippen molar-refractivity contribution in [3.05, 3.63) is 65.4 Å². The van der Waals surface area contributed by atoms with Gasteiger partial charge in [0.15, 0.2) is 0 Å². The van der Waals surface area contributed by atoms with Crippen LogP contribution in [0.15, 0.2) is 42.5 Å². The first-order valence-corrected chi connectivity index (χ1v) is 11.8. The molecule has 0 bridgehead atoms. The fourth-order valence-corrected chi connectivity index (χ4v) is 6.09. The van der Waals surface area contributed by atoms with E-state index in [0.717, 1.165) is 29.8 Å². The molecule has 4 heterocycles. The first-order valence-electron chi connectivity index (χ1n) is 11.8. The molecule has 2 saturated heterocycles. The van der Waals surface area contributed by atoms with Gasteiger partial charge in [0.05, 0.1) is 10.9 Å². The number of para-hydroxylation sites is 1. The van der Waals surface area contributed by atoms with Crippen LogP contribution in [0.5, 0.6) is 0 Å². The fraction of sp³-hybridized carbons (Fsp3) is 0.346. The molecule has 0 radical (unpaired) electrons. The van der Waals surface area contributed by atoms with Crippen LogP contribution in [0.25, 0.3) is 10.9 Å². The topological polar surface area (TPSA) is 94.3 Å². The maximum Gasteiger partial charge on any atom is 0.268 e. The van der Waals surface area contributed by atoms with Crippen LogP contribution in [-0.4, -0.2) is 46.2 Å². The van der Waals surface area contributed by atoms with Gasteiger partial charge in [-0.1, -0.05) is 25.1 Å². The van der Waals surface area contributed by atoms with E-state index in [2.05, 4.69) is 15.6 Å². The highest BCUT2D eigenvalue weighted by Crippen LogP contribution is 2.48. The number of H-pyrrole nitrogens is 1. The van der Waals surface area contributed by atoms with E-state index in [-0.39, 0.29) is 46.9 Å². The summed E-state index contributed by atoms with van der Waals surface area (Å²) in [6.07, 6.45) is 1.70. The lowest BCUT2D eigenvalue weighted by Gasteiger charge is -2.26. The van der Waals surface area contributed by atoms with E-state index in [4.69, 9.17) is 0 Å². The first-order chi connectivity index (χ1) is 16.8. The van der Waals surface area contributed by atoms with Gasteiger partial charge in [0.2, 0.25) is 11.8 Å². The number of aromatic amines is 1. The van der Waals surface area contributed by atoms with Crippen LogP contribution in [0.1, 0.15) is 42.2 Å². The van der Waals surface area contributed by atoms with Crippen LogP contribution in [0.3, 0.4) is 0 Å². The Labute approximate surface area is 199 Å². The molecular formula is C26H24F2N4O3. The van der Waals surface area contributed by atoms with Gasteiger partial charge in [-0.15, -0.1) is 0 Å². The zero-order chi connectivity index (χ0) is 24.5. The number of aromatic nitrogens is 1. The predicted octanol–water partition coefficient (Wildman–Crippen LogP) is 3.47. The molecule has 35 heavy (non-hydrogen) atoms. The molecule has 0 aliphatic carbocycles. The molecule has 7 nitrogen and oxygen atoms in total. The summed E-state index contributed by atoms with van der Waals surface area (Å²) >= 11 is 0. The zero-order valence-electron chi connectivity index (χ0n) is 19.0. The number of hydrogen-bond acceptors (Lipinski definition) is 3. The maximum atomic E-state index is 14.1. The summed E-state index contributed by atoms with van der Waals surface area (Å²) < 4.78 is 28.2. The van der Waals surface area contributed by atoms with Crippen molar-refractivity contribution in [2.45, 2.75) is 43.7 Å².